The summed E-state index contributed by atoms with van der Waals surface area (Å²) in [7, 11) is 0. The van der Waals surface area contributed by atoms with E-state index < -0.39 is 33.9 Å². The Morgan fingerprint density at radius 2 is 1.49 bits per heavy atom. The summed E-state index contributed by atoms with van der Waals surface area (Å²) < 4.78 is 0. The van der Waals surface area contributed by atoms with E-state index in [0.29, 0.717) is 56.3 Å². The van der Waals surface area contributed by atoms with Gasteiger partial charge in [0, 0.05) is 23.6 Å². The number of nitrogens with two attached hydrogens (primary N) is 1. The van der Waals surface area contributed by atoms with Gasteiger partial charge in [0.05, 0.1) is 39.7 Å². The largest absolute Gasteiger partial charge is 0.334 e. The molecule has 4 heterocycles. The fraction of sp³-hybridized carbons (Fsp3) is 0.526. The summed E-state index contributed by atoms with van der Waals surface area (Å²) in [4.78, 5) is 73.2. The summed E-state index contributed by atoms with van der Waals surface area (Å²) in [6, 6.07) is 7.00. The lowest BCUT2D eigenvalue weighted by Gasteiger charge is -2.31. The first-order valence-electron chi connectivity index (χ1n) is 19.2. The van der Waals surface area contributed by atoms with Crippen molar-refractivity contribution in [2.24, 2.45) is 11.7 Å². The van der Waals surface area contributed by atoms with E-state index in [9.17, 15) is 34.6 Å². The molecule has 3 fully saturated rings. The van der Waals surface area contributed by atoms with Crippen molar-refractivity contribution >= 4 is 56.9 Å². The van der Waals surface area contributed by atoms with Crippen molar-refractivity contribution < 1.29 is 24.2 Å². The van der Waals surface area contributed by atoms with Gasteiger partial charge in [-0.1, -0.05) is 26.0 Å². The normalized spacial score (nSPS) is 22.8. The van der Waals surface area contributed by atoms with Gasteiger partial charge in [-0.3, -0.25) is 34.6 Å². The van der Waals surface area contributed by atoms with Crippen molar-refractivity contribution in [3.8, 4) is 0 Å². The summed E-state index contributed by atoms with van der Waals surface area (Å²) in [5.74, 6) is -1.25. The summed E-state index contributed by atoms with van der Waals surface area (Å²) in [6.07, 6.45) is 7.59. The topological polar surface area (TPSA) is 219 Å². The van der Waals surface area contributed by atoms with Crippen LogP contribution in [0.4, 0.5) is 27.9 Å². The number of benzene rings is 2. The third-order valence-electron chi connectivity index (χ3n) is 11.4. The molecule has 292 valence electrons. The predicted molar refractivity (Wildman–Crippen MR) is 208 cm³/mol. The molecule has 1 aromatic heterocycles. The third kappa shape index (κ3) is 7.77. The Kier molecular flexibility index (Phi) is 11.1. The van der Waals surface area contributed by atoms with Gasteiger partial charge in [-0.05, 0) is 99.9 Å². The number of anilines is 3. The minimum absolute atomic E-state index is 0.0260. The highest BCUT2D eigenvalue weighted by atomic mass is 32.1. The molecule has 7 rings (SSSR count). The van der Waals surface area contributed by atoms with Crippen LogP contribution < -0.4 is 26.6 Å². The Morgan fingerprint density at radius 3 is 2.05 bits per heavy atom. The van der Waals surface area contributed by atoms with Crippen LogP contribution in [0.25, 0.3) is 0 Å². The lowest BCUT2D eigenvalue weighted by atomic mass is 10.0. The average molecular weight is 774 g/mol. The number of nitrogens with zero attached hydrogens (tertiary/aromatic N) is 5. The van der Waals surface area contributed by atoms with Crippen LogP contribution in [0.15, 0.2) is 36.4 Å². The van der Waals surface area contributed by atoms with Gasteiger partial charge in [-0.15, -0.1) is 11.3 Å². The van der Waals surface area contributed by atoms with E-state index in [2.05, 4.69) is 20.9 Å². The quantitative estimate of drug-likeness (QED) is 0.140. The highest BCUT2D eigenvalue weighted by Gasteiger charge is 2.41. The van der Waals surface area contributed by atoms with E-state index in [0.717, 1.165) is 42.9 Å². The number of amides is 3. The van der Waals surface area contributed by atoms with Crippen molar-refractivity contribution in [1.29, 1.82) is 0 Å². The molecule has 1 aliphatic carbocycles. The van der Waals surface area contributed by atoms with Crippen molar-refractivity contribution in [2.75, 3.05) is 28.6 Å². The number of nitro groups is 2. The second kappa shape index (κ2) is 16.0. The van der Waals surface area contributed by atoms with Crippen LogP contribution in [0.3, 0.4) is 0 Å². The molecule has 16 nitrogen and oxygen atoms in total. The maximum atomic E-state index is 13.5. The van der Waals surface area contributed by atoms with E-state index >= 15 is 0 Å². The molecular weight excluding hydrogens is 727 g/mol. The Balaban J connectivity index is 1.19. The van der Waals surface area contributed by atoms with Gasteiger partial charge in [0.15, 0.2) is 5.13 Å². The Hall–Kier alpha value is -5.00. The standard InChI is InChI=1S/C38H47N9O7S/c1-21(2)34(39)37(50)44-18-6-9-30(44)36(49)42-25-14-12-23(20-32(25)47(53)54)29-16-15-28(45(29)38-43-26-7-3-4-10-33(26)55-38)22-11-13-24(31(19-22)46(51)52)41-35(48)27-8-5-17-40-27/h11-14,19-21,27-30,34,40H,3-10,15-18,39H2,1-2H3,(H,41,48)(H,42,49)/t27-,28+,29+,30?,34-/m0/s1. The molecule has 0 saturated carbocycles. The molecule has 3 saturated heterocycles. The van der Waals surface area contributed by atoms with Crippen molar-refractivity contribution in [1.82, 2.24) is 15.2 Å². The van der Waals surface area contributed by atoms with Gasteiger partial charge in [-0.2, -0.15) is 0 Å². The number of nitro benzene ring substituents is 2. The predicted octanol–water partition coefficient (Wildman–Crippen LogP) is 5.52. The van der Waals surface area contributed by atoms with Crippen molar-refractivity contribution in [3.63, 3.8) is 0 Å². The molecule has 55 heavy (non-hydrogen) atoms. The van der Waals surface area contributed by atoms with E-state index in [4.69, 9.17) is 10.7 Å². The second-order valence-corrected chi connectivity index (χ2v) is 16.3. The average Bonchev–Trinajstić information content (AvgIpc) is 4.00. The molecule has 0 bridgehead atoms. The number of carbonyl (C=O) groups excluding carboxylic acids is 3. The molecule has 3 aromatic rings. The Bertz CT molecular complexity index is 1970. The highest BCUT2D eigenvalue weighted by Crippen LogP contribution is 2.50. The second-order valence-electron chi connectivity index (χ2n) is 15.2. The molecule has 3 aliphatic heterocycles. The van der Waals surface area contributed by atoms with Crippen LogP contribution >= 0.6 is 11.3 Å². The van der Waals surface area contributed by atoms with Crippen LogP contribution in [-0.2, 0) is 27.2 Å². The third-order valence-corrected chi connectivity index (χ3v) is 12.6. The number of aryl methyl sites for hydroxylation is 2. The molecule has 5 N–H and O–H groups in total. The number of rotatable bonds is 11. The SMILES string of the molecule is CC(C)[C@H](N)C(=O)N1CCCC1C(=O)Nc1ccc([C@H]2CC[C@H](c3ccc(NC(=O)[C@@H]4CCCN4)c([N+](=O)[O-])c3)N2c2nc3c(s2)CCCC3)cc1[N+](=O)[O-]. The number of aromatic nitrogens is 1. The van der Waals surface area contributed by atoms with Gasteiger partial charge in [0.25, 0.3) is 11.4 Å². The Labute approximate surface area is 322 Å². The van der Waals surface area contributed by atoms with E-state index in [1.807, 2.05) is 13.8 Å². The van der Waals surface area contributed by atoms with Crippen LogP contribution in [0.2, 0.25) is 0 Å². The molecular formula is C38H47N9O7S. The van der Waals surface area contributed by atoms with Gasteiger partial charge >= 0.3 is 0 Å². The number of likely N-dealkylation sites (tertiary alicyclic amines) is 1. The first kappa shape index (κ1) is 38.3. The zero-order chi connectivity index (χ0) is 39.0. The molecule has 5 atom stereocenters. The first-order valence-corrected chi connectivity index (χ1v) is 20.0. The molecule has 0 radical (unpaired) electrons. The molecule has 1 unspecified atom stereocenters. The van der Waals surface area contributed by atoms with E-state index in [1.165, 1.54) is 28.0 Å². The number of fused-ring (bicyclic) bond motifs is 1. The number of carbonyl (C=O) groups is 3. The maximum Gasteiger partial charge on any atom is 0.293 e. The van der Waals surface area contributed by atoms with Crippen molar-refractivity contribution in [2.45, 2.75) is 108 Å². The monoisotopic (exact) mass is 773 g/mol. The van der Waals surface area contributed by atoms with E-state index in [1.54, 1.807) is 29.5 Å². The fourth-order valence-electron chi connectivity index (χ4n) is 8.33. The van der Waals surface area contributed by atoms with E-state index in [-0.39, 0.29) is 52.6 Å². The lowest BCUT2D eigenvalue weighted by molar-refractivity contribution is -0.384. The number of hydrogen-bond acceptors (Lipinski definition) is 12. The van der Waals surface area contributed by atoms with Crippen LogP contribution in [0, 0.1) is 26.1 Å². The zero-order valence-corrected chi connectivity index (χ0v) is 31.8. The molecule has 0 spiro atoms. The molecule has 3 amide bonds. The van der Waals surface area contributed by atoms with Gasteiger partial charge < -0.3 is 31.5 Å². The summed E-state index contributed by atoms with van der Waals surface area (Å²) in [6.45, 7) is 4.78. The number of nitrogens with one attached hydrogen (secondary N) is 3. The van der Waals surface area contributed by atoms with Gasteiger partial charge in [0.1, 0.15) is 17.4 Å². The minimum atomic E-state index is -0.790. The maximum absolute atomic E-state index is 13.5. The number of hydrogen-bond donors (Lipinski definition) is 4. The summed E-state index contributed by atoms with van der Waals surface area (Å²) in [5.41, 5.74) is 8.13. The van der Waals surface area contributed by atoms with Crippen LogP contribution in [-0.4, -0.2) is 68.7 Å². The summed E-state index contributed by atoms with van der Waals surface area (Å²) >= 11 is 1.59. The fourth-order valence-corrected chi connectivity index (χ4v) is 9.58. The summed E-state index contributed by atoms with van der Waals surface area (Å²) in [5, 5.41) is 34.2. The number of thiazole rings is 1. The van der Waals surface area contributed by atoms with Crippen molar-refractivity contribution in [3.05, 3.63) is 78.3 Å². The molecule has 17 heteroatoms. The minimum Gasteiger partial charge on any atom is -0.334 e. The van der Waals surface area contributed by atoms with Crippen LogP contribution in [0.1, 0.15) is 99.0 Å². The zero-order valence-electron chi connectivity index (χ0n) is 31.0. The first-order chi connectivity index (χ1) is 26.4. The van der Waals surface area contributed by atoms with Crippen LogP contribution in [0.5, 0.6) is 0 Å². The highest BCUT2D eigenvalue weighted by molar-refractivity contribution is 7.15. The smallest absolute Gasteiger partial charge is 0.293 e. The van der Waals surface area contributed by atoms with Gasteiger partial charge in [0.2, 0.25) is 17.7 Å². The molecule has 2 aromatic carbocycles. The Morgan fingerprint density at radius 1 is 0.873 bits per heavy atom. The lowest BCUT2D eigenvalue weighted by Crippen LogP contribution is -2.51. The van der Waals surface area contributed by atoms with Gasteiger partial charge in [-0.25, -0.2) is 4.98 Å². The molecule has 4 aliphatic rings.